The molecule has 1 aliphatic carbocycles. The van der Waals surface area contributed by atoms with Crippen LogP contribution >= 0.6 is 11.5 Å². The van der Waals surface area contributed by atoms with Crippen LogP contribution in [0.15, 0.2) is 28.8 Å². The second-order valence-corrected chi connectivity index (χ2v) is 5.91. The van der Waals surface area contributed by atoms with E-state index >= 15 is 0 Å². The lowest BCUT2D eigenvalue weighted by atomic mass is 9.77. The molecule has 0 radical (unpaired) electrons. The predicted molar refractivity (Wildman–Crippen MR) is 81.7 cm³/mol. The summed E-state index contributed by atoms with van der Waals surface area (Å²) in [6.45, 7) is 1.95. The van der Waals surface area contributed by atoms with Gasteiger partial charge in [0.2, 0.25) is 0 Å². The highest BCUT2D eigenvalue weighted by molar-refractivity contribution is 7.10. The zero-order valence-electron chi connectivity index (χ0n) is 11.8. The van der Waals surface area contributed by atoms with Crippen molar-refractivity contribution in [2.75, 3.05) is 12.4 Å². The molecule has 1 atom stereocenters. The van der Waals surface area contributed by atoms with E-state index in [0.717, 1.165) is 28.5 Å². The summed E-state index contributed by atoms with van der Waals surface area (Å²) < 4.78 is 9.81. The van der Waals surface area contributed by atoms with Gasteiger partial charge in [0.15, 0.2) is 5.82 Å². The number of nitrogens with one attached hydrogen (secondary N) is 1. The Balaban J connectivity index is 1.70. The Kier molecular flexibility index (Phi) is 2.78. The van der Waals surface area contributed by atoms with Crippen molar-refractivity contribution < 1.29 is 4.52 Å². The van der Waals surface area contributed by atoms with Gasteiger partial charge in [0.25, 0.3) is 5.89 Å². The van der Waals surface area contributed by atoms with E-state index in [1.54, 1.807) is 0 Å². The van der Waals surface area contributed by atoms with Crippen molar-refractivity contribution in [3.05, 3.63) is 46.9 Å². The van der Waals surface area contributed by atoms with Gasteiger partial charge in [-0.3, -0.25) is 0 Å². The lowest BCUT2D eigenvalue weighted by Crippen LogP contribution is -2.19. The summed E-state index contributed by atoms with van der Waals surface area (Å²) in [4.78, 5) is 4.59. The summed E-state index contributed by atoms with van der Waals surface area (Å²) in [6.07, 6.45) is 0.981. The summed E-state index contributed by atoms with van der Waals surface area (Å²) >= 11 is 1.41. The normalized spacial score (nSPS) is 16.4. The van der Waals surface area contributed by atoms with Gasteiger partial charge < -0.3 is 9.84 Å². The van der Waals surface area contributed by atoms with Crippen LogP contribution < -0.4 is 5.32 Å². The number of aryl methyl sites for hydroxylation is 1. The number of nitrogens with zero attached hydrogens (tertiary/aromatic N) is 3. The minimum Gasteiger partial charge on any atom is -0.378 e. The molecule has 0 spiro atoms. The molecule has 1 aliphatic rings. The monoisotopic (exact) mass is 298 g/mol. The summed E-state index contributed by atoms with van der Waals surface area (Å²) in [5.41, 5.74) is 4.50. The van der Waals surface area contributed by atoms with Gasteiger partial charge in [-0.2, -0.15) is 9.36 Å². The Morgan fingerprint density at radius 1 is 1.33 bits per heavy atom. The molecule has 0 aliphatic heterocycles. The molecule has 21 heavy (non-hydrogen) atoms. The van der Waals surface area contributed by atoms with E-state index in [9.17, 15) is 0 Å². The molecule has 1 aromatic carbocycles. The van der Waals surface area contributed by atoms with E-state index in [0.29, 0.717) is 5.89 Å². The third-order valence-electron chi connectivity index (χ3n) is 3.91. The molecule has 0 saturated heterocycles. The number of anilines is 1. The Morgan fingerprint density at radius 2 is 2.19 bits per heavy atom. The van der Waals surface area contributed by atoms with E-state index < -0.39 is 0 Å². The molecule has 3 aromatic rings. The predicted octanol–water partition coefficient (Wildman–Crippen LogP) is 3.23. The summed E-state index contributed by atoms with van der Waals surface area (Å²) in [6, 6.07) is 8.41. The van der Waals surface area contributed by atoms with Crippen LogP contribution in [0.5, 0.6) is 0 Å². The van der Waals surface area contributed by atoms with Gasteiger partial charge in [-0.1, -0.05) is 29.4 Å². The zero-order chi connectivity index (χ0) is 14.4. The van der Waals surface area contributed by atoms with Gasteiger partial charge in [0.1, 0.15) is 5.00 Å². The highest BCUT2D eigenvalue weighted by Crippen LogP contribution is 2.40. The van der Waals surface area contributed by atoms with Crippen LogP contribution in [0.25, 0.3) is 11.5 Å². The van der Waals surface area contributed by atoms with Gasteiger partial charge in [-0.25, -0.2) is 0 Å². The van der Waals surface area contributed by atoms with Crippen LogP contribution in [-0.4, -0.2) is 21.6 Å². The first-order chi connectivity index (χ1) is 10.3. The molecule has 1 unspecified atom stereocenters. The number of rotatable bonds is 3. The Hall–Kier alpha value is -2.21. The molecule has 1 N–H and O–H groups in total. The molecule has 6 heteroatoms. The fourth-order valence-corrected chi connectivity index (χ4v) is 3.50. The van der Waals surface area contributed by atoms with Crippen LogP contribution in [0.4, 0.5) is 5.00 Å². The summed E-state index contributed by atoms with van der Waals surface area (Å²) in [5.74, 6) is 1.56. The highest BCUT2D eigenvalue weighted by atomic mass is 32.1. The average Bonchev–Trinajstić information content (AvgIpc) is 3.06. The molecule has 5 nitrogen and oxygen atoms in total. The quantitative estimate of drug-likeness (QED) is 0.804. The second-order valence-electron chi connectivity index (χ2n) is 5.14. The van der Waals surface area contributed by atoms with E-state index in [1.165, 1.54) is 22.7 Å². The van der Waals surface area contributed by atoms with Crippen LogP contribution in [0.1, 0.15) is 28.6 Å². The van der Waals surface area contributed by atoms with Crippen molar-refractivity contribution in [3.63, 3.8) is 0 Å². The molecule has 0 saturated carbocycles. The van der Waals surface area contributed by atoms with E-state index in [2.05, 4.69) is 44.1 Å². The van der Waals surface area contributed by atoms with Crippen molar-refractivity contribution in [2.24, 2.45) is 0 Å². The van der Waals surface area contributed by atoms with Crippen LogP contribution in [-0.2, 0) is 6.42 Å². The maximum atomic E-state index is 5.47. The van der Waals surface area contributed by atoms with Crippen molar-refractivity contribution in [1.29, 1.82) is 0 Å². The minimum absolute atomic E-state index is 0.253. The van der Waals surface area contributed by atoms with E-state index in [-0.39, 0.29) is 5.92 Å². The summed E-state index contributed by atoms with van der Waals surface area (Å²) in [7, 11) is 1.87. The molecule has 0 fully saturated rings. The number of hydrogen-bond acceptors (Lipinski definition) is 6. The van der Waals surface area contributed by atoms with E-state index in [4.69, 9.17) is 4.52 Å². The Labute approximate surface area is 126 Å². The molecule has 0 amide bonds. The lowest BCUT2D eigenvalue weighted by Gasteiger charge is -2.27. The maximum Gasteiger partial charge on any atom is 0.262 e. The van der Waals surface area contributed by atoms with Gasteiger partial charge in [0.05, 0.1) is 17.2 Å². The van der Waals surface area contributed by atoms with Gasteiger partial charge >= 0.3 is 0 Å². The second kappa shape index (κ2) is 4.66. The molecule has 2 aromatic heterocycles. The fraction of sp³-hybridized carbons (Fsp3) is 0.267. The van der Waals surface area contributed by atoms with Gasteiger partial charge in [0, 0.05) is 7.05 Å². The van der Waals surface area contributed by atoms with Crippen molar-refractivity contribution >= 4 is 16.5 Å². The van der Waals surface area contributed by atoms with Crippen molar-refractivity contribution in [1.82, 2.24) is 14.5 Å². The van der Waals surface area contributed by atoms with Crippen molar-refractivity contribution in [2.45, 2.75) is 19.3 Å². The molecular formula is C15H14N4OS. The first-order valence-corrected chi connectivity index (χ1v) is 7.61. The van der Waals surface area contributed by atoms with E-state index in [1.807, 2.05) is 14.0 Å². The molecule has 2 heterocycles. The Bertz CT molecular complexity index is 808. The Morgan fingerprint density at radius 3 is 3.00 bits per heavy atom. The number of benzene rings is 1. The smallest absolute Gasteiger partial charge is 0.262 e. The lowest BCUT2D eigenvalue weighted by molar-refractivity contribution is 0.416. The van der Waals surface area contributed by atoms with Gasteiger partial charge in [-0.15, -0.1) is 0 Å². The number of hydrogen-bond donors (Lipinski definition) is 1. The molecular weight excluding hydrogens is 284 g/mol. The number of fused-ring (bicyclic) bond motifs is 1. The van der Waals surface area contributed by atoms with Crippen molar-refractivity contribution in [3.8, 4) is 11.5 Å². The molecule has 4 rings (SSSR count). The van der Waals surface area contributed by atoms with Crippen LogP contribution in [0, 0.1) is 6.92 Å². The topological polar surface area (TPSA) is 63.8 Å². The standard InChI is InChI=1S/C15H14N4OS/c1-8-12(15(16-2)21-19-8)14-17-13(18-20-14)11-7-9-5-3-4-6-10(9)11/h3-6,11,16H,7H2,1-2H3. The largest absolute Gasteiger partial charge is 0.378 e. The summed E-state index contributed by atoms with van der Waals surface area (Å²) in [5, 5.41) is 8.25. The van der Waals surface area contributed by atoms with Crippen LogP contribution in [0.2, 0.25) is 0 Å². The third kappa shape index (κ3) is 1.86. The molecule has 0 bridgehead atoms. The first kappa shape index (κ1) is 12.5. The minimum atomic E-state index is 0.253. The number of aromatic nitrogens is 3. The maximum absolute atomic E-state index is 5.47. The average molecular weight is 298 g/mol. The van der Waals surface area contributed by atoms with Gasteiger partial charge in [-0.05, 0) is 36.0 Å². The SMILES string of the molecule is CNc1snc(C)c1-c1nc(C2Cc3ccccc32)no1. The first-order valence-electron chi connectivity index (χ1n) is 6.83. The fourth-order valence-electron chi connectivity index (χ4n) is 2.76. The zero-order valence-corrected chi connectivity index (χ0v) is 12.6. The highest BCUT2D eigenvalue weighted by Gasteiger charge is 2.31. The third-order valence-corrected chi connectivity index (χ3v) is 4.87. The van der Waals surface area contributed by atoms with Crippen LogP contribution in [0.3, 0.4) is 0 Å². The molecule has 106 valence electrons.